The van der Waals surface area contributed by atoms with E-state index in [1.54, 1.807) is 41.0 Å². The summed E-state index contributed by atoms with van der Waals surface area (Å²) in [6.07, 6.45) is 10.8. The molecule has 5 heterocycles. The molecule has 0 bridgehead atoms. The Morgan fingerprint density at radius 1 is 0.821 bits per heavy atom. The third-order valence-electron chi connectivity index (χ3n) is 17.0. The van der Waals surface area contributed by atoms with Crippen LogP contribution in [-0.2, 0) is 37.9 Å². The molecule has 0 saturated carbocycles. The second-order valence-corrected chi connectivity index (χ2v) is 26.0. The fraction of sp³-hybridized carbons (Fsp3) is 0.370. The number of anilines is 2. The molecule has 0 N–H and O–H groups in total. The Hall–Kier alpha value is -8.61. The van der Waals surface area contributed by atoms with E-state index in [0.29, 0.717) is 40.3 Å². The highest BCUT2D eigenvalue weighted by atomic mass is 35.5. The number of fused-ring (bicyclic) bond motifs is 2. The Balaban J connectivity index is 0.000000177. The molecule has 2 saturated heterocycles. The summed E-state index contributed by atoms with van der Waals surface area (Å²) in [7, 11) is 6.45. The normalized spacial score (nSPS) is 19.5. The van der Waals surface area contributed by atoms with E-state index in [-0.39, 0.29) is 69.9 Å². The summed E-state index contributed by atoms with van der Waals surface area (Å²) >= 11 is 19.1. The topological polar surface area (TPSA) is 179 Å². The van der Waals surface area contributed by atoms with Crippen molar-refractivity contribution < 1.29 is 42.7 Å². The number of hydrogen-bond acceptors (Lipinski definition) is 16. The Morgan fingerprint density at radius 3 is 2.16 bits per heavy atom. The molecule has 5 atom stereocenters. The summed E-state index contributed by atoms with van der Waals surface area (Å²) in [5.41, 5.74) is 3.89. The molecule has 0 radical (unpaired) electrons. The number of benzene rings is 6. The number of piperazine rings is 1. The van der Waals surface area contributed by atoms with Crippen LogP contribution in [0.2, 0.25) is 15.1 Å². The van der Waals surface area contributed by atoms with Crippen LogP contribution in [0.4, 0.5) is 11.4 Å². The van der Waals surface area contributed by atoms with Gasteiger partial charge in [0.2, 0.25) is 17.2 Å². The van der Waals surface area contributed by atoms with E-state index in [0.717, 1.165) is 68.5 Å². The molecule has 2 aromatic heterocycles. The monoisotopic (exact) mass is 1350 g/mol. The van der Waals surface area contributed by atoms with Crippen molar-refractivity contribution in [3.05, 3.63) is 200 Å². The zero-order valence-electron chi connectivity index (χ0n) is 55.2. The maximum absolute atomic E-state index is 13.3. The summed E-state index contributed by atoms with van der Waals surface area (Å²) in [4.78, 5) is 49.0. The van der Waals surface area contributed by atoms with Gasteiger partial charge >= 0.3 is 5.69 Å². The molecule has 8 aromatic rings. The van der Waals surface area contributed by atoms with Gasteiger partial charge in [-0.3, -0.25) is 14.5 Å². The maximum Gasteiger partial charge on any atom is 0.350 e. The number of ether oxygens (including phenoxy) is 7. The van der Waals surface area contributed by atoms with Gasteiger partial charge in [0.15, 0.2) is 17.3 Å². The molecule has 19 nitrogen and oxygen atoms in total. The van der Waals surface area contributed by atoms with Crippen molar-refractivity contribution in [2.75, 3.05) is 84.1 Å². The van der Waals surface area contributed by atoms with Gasteiger partial charge in [-0.2, -0.15) is 10.2 Å². The summed E-state index contributed by atoms with van der Waals surface area (Å²) in [6, 6.07) is 38.2. The highest BCUT2D eigenvalue weighted by Gasteiger charge is 2.60. The lowest BCUT2D eigenvalue weighted by Crippen LogP contribution is -2.51. The molecule has 0 amide bonds. The Kier molecular flexibility index (Phi) is 22.2. The van der Waals surface area contributed by atoms with Gasteiger partial charge in [0.1, 0.15) is 66.1 Å². The molecule has 22 heteroatoms. The standard InChI is InChI=1S/C35H38Cl2N8O4.C21H25N.C17H17ClO6/c1-3-25(2)45-34(46)44(24-40-45)29-7-5-27(6-8-29)41-14-16-42(17-15-41)28-9-11-30(12-10-28)47-19-31-20-48-35(49-31,21-43-23-38-22-39-43)32-13-4-26(36)18-33(32)37;1-21(2,3)15-8-5-9-16-22(4)17-19-13-10-12-18-11-6-7-14-20(18)19;1-8-5-9(19)6-12(23-4)17(8)16(20)13-10(21-2)7-11(22-3)14(18)15(13)24-17/h4-13,18,22-25,31H,3,14-17,19-21H2,1-2H3;5-7,9-14H,16-17H2,1-4H3;6-8H,5H2,1-4H3/b;9-5+;/t;;8-,17+/m..1/s1. The first-order valence-electron chi connectivity index (χ1n) is 31.6. The number of likely N-dealkylation sites (N-methyl/N-ethyl adjacent to an activating group) is 1. The van der Waals surface area contributed by atoms with E-state index < -0.39 is 17.3 Å². The smallest absolute Gasteiger partial charge is 0.350 e. The number of rotatable bonds is 18. The molecular formula is C73H80Cl3N9O10. The zero-order chi connectivity index (χ0) is 67.6. The first-order chi connectivity index (χ1) is 45.7. The minimum absolute atomic E-state index is 0.0645. The van der Waals surface area contributed by atoms with Gasteiger partial charge in [-0.25, -0.2) is 23.7 Å². The molecule has 3 unspecified atom stereocenters. The van der Waals surface area contributed by atoms with Gasteiger partial charge in [-0.1, -0.05) is 115 Å². The fourth-order valence-electron chi connectivity index (χ4n) is 11.9. The van der Waals surface area contributed by atoms with E-state index in [2.05, 4.69) is 142 Å². The molecule has 1 aliphatic carbocycles. The van der Waals surface area contributed by atoms with Crippen LogP contribution in [0.5, 0.6) is 23.0 Å². The molecule has 6 aromatic carbocycles. The number of methoxy groups -OCH3 is 3. The highest BCUT2D eigenvalue weighted by molar-refractivity contribution is 6.35. The second kappa shape index (κ2) is 30.4. The number of Topliss-reactive ketones (excluding diaryl/α,β-unsaturated/α-hetero) is 1. The fourth-order valence-corrected chi connectivity index (χ4v) is 12.7. The average Bonchev–Trinajstić information content (AvgIpc) is 1.56. The lowest BCUT2D eigenvalue weighted by Gasteiger charge is -2.37. The average molecular weight is 1350 g/mol. The van der Waals surface area contributed by atoms with Crippen LogP contribution in [0.3, 0.4) is 0 Å². The van der Waals surface area contributed by atoms with Gasteiger partial charge < -0.3 is 43.0 Å². The number of carbonyl (C=O) groups excluding carboxylic acids is 2. The number of carbonyl (C=O) groups is 2. The molecule has 12 rings (SSSR count). The number of halogens is 3. The quantitative estimate of drug-likeness (QED) is 0.0740. The Bertz CT molecular complexity index is 4180. The number of ketones is 2. The molecule has 4 aliphatic rings. The van der Waals surface area contributed by atoms with Gasteiger partial charge in [-0.15, -0.1) is 0 Å². The maximum atomic E-state index is 13.3. The van der Waals surface area contributed by atoms with Crippen molar-refractivity contribution >= 4 is 68.5 Å². The van der Waals surface area contributed by atoms with Crippen LogP contribution in [0.15, 0.2) is 163 Å². The predicted molar refractivity (Wildman–Crippen MR) is 371 cm³/mol. The van der Waals surface area contributed by atoms with Crippen LogP contribution in [0, 0.1) is 23.2 Å². The van der Waals surface area contributed by atoms with Crippen LogP contribution in [0.1, 0.15) is 81.9 Å². The van der Waals surface area contributed by atoms with Crippen LogP contribution >= 0.6 is 34.8 Å². The predicted octanol–water partition coefficient (Wildman–Crippen LogP) is 13.3. The third-order valence-corrected chi connectivity index (χ3v) is 17.9. The van der Waals surface area contributed by atoms with Crippen LogP contribution < -0.4 is 34.4 Å². The number of allylic oxidation sites excluding steroid dienone is 2. The molecular weight excluding hydrogens is 1270 g/mol. The highest BCUT2D eigenvalue weighted by Crippen LogP contribution is 2.54. The summed E-state index contributed by atoms with van der Waals surface area (Å²) in [6.45, 7) is 18.5. The van der Waals surface area contributed by atoms with Crippen molar-refractivity contribution in [1.29, 1.82) is 0 Å². The lowest BCUT2D eigenvalue weighted by molar-refractivity contribution is -0.190. The number of nitrogens with zero attached hydrogens (tertiary/aromatic N) is 9. The van der Waals surface area contributed by atoms with Crippen LogP contribution in [0.25, 0.3) is 16.5 Å². The van der Waals surface area contributed by atoms with Gasteiger partial charge in [0, 0.05) is 91.1 Å². The SMILES string of the molecule is CCC(C)n1ncn(-c2ccc(N3CCN(c4ccc(OCC5COC(Cn6cncn6)(c6ccc(Cl)cc6Cl)O5)cc4)CC3)cc2)c1=O.CN(C/C=C/C#CC(C)(C)C)Cc1cccc2ccccc12.COC1=CC(=O)C[C@@H](C)[C@]12Oc1c(Cl)c(OC)cc(OC)c1C2=O. The summed E-state index contributed by atoms with van der Waals surface area (Å²) in [5.74, 6) is 6.03. The van der Waals surface area contributed by atoms with Crippen molar-refractivity contribution in [2.45, 2.75) is 91.0 Å². The van der Waals surface area contributed by atoms with Crippen molar-refractivity contribution in [3.8, 4) is 40.5 Å². The van der Waals surface area contributed by atoms with E-state index in [9.17, 15) is 14.4 Å². The minimum atomic E-state index is -1.42. The largest absolute Gasteiger partial charge is 0.496 e. The Labute approximate surface area is 569 Å². The summed E-state index contributed by atoms with van der Waals surface area (Å²) in [5, 5.41) is 12.3. The van der Waals surface area contributed by atoms with E-state index in [1.165, 1.54) is 60.8 Å². The zero-order valence-corrected chi connectivity index (χ0v) is 57.5. The van der Waals surface area contributed by atoms with Gasteiger partial charge in [0.05, 0.1) is 44.7 Å². The van der Waals surface area contributed by atoms with E-state index in [1.807, 2.05) is 50.3 Å². The molecule has 95 heavy (non-hydrogen) atoms. The number of aromatic nitrogens is 6. The molecule has 1 spiro atoms. The first-order valence-corrected chi connectivity index (χ1v) is 32.7. The van der Waals surface area contributed by atoms with E-state index >= 15 is 0 Å². The van der Waals surface area contributed by atoms with Crippen molar-refractivity contribution in [2.24, 2.45) is 11.3 Å². The summed E-state index contributed by atoms with van der Waals surface area (Å²) < 4.78 is 45.6. The third kappa shape index (κ3) is 15.7. The molecule has 2 fully saturated rings. The minimum Gasteiger partial charge on any atom is -0.496 e. The van der Waals surface area contributed by atoms with Crippen molar-refractivity contribution in [1.82, 2.24) is 34.0 Å². The molecule has 3 aliphatic heterocycles. The lowest BCUT2D eigenvalue weighted by atomic mass is 9.75. The molecule has 498 valence electrons. The van der Waals surface area contributed by atoms with Crippen LogP contribution in [-0.4, -0.2) is 132 Å². The first kappa shape index (κ1) is 69.2. The van der Waals surface area contributed by atoms with Crippen molar-refractivity contribution in [3.63, 3.8) is 0 Å². The van der Waals surface area contributed by atoms with Gasteiger partial charge in [-0.05, 0) is 124 Å². The Morgan fingerprint density at radius 2 is 1.51 bits per heavy atom. The second-order valence-electron chi connectivity index (χ2n) is 24.8. The van der Waals surface area contributed by atoms with Gasteiger partial charge in [0.25, 0.3) is 0 Å². The number of hydrogen-bond donors (Lipinski definition) is 0. The van der Waals surface area contributed by atoms with E-state index in [4.69, 9.17) is 68.0 Å².